The molecule has 1 heterocycles. The highest BCUT2D eigenvalue weighted by Gasteiger charge is 2.17. The maximum absolute atomic E-state index is 12.3. The van der Waals surface area contributed by atoms with Crippen LogP contribution in [0.2, 0.25) is 0 Å². The molecule has 10 heteroatoms. The van der Waals surface area contributed by atoms with Gasteiger partial charge < -0.3 is 28.4 Å². The van der Waals surface area contributed by atoms with Crippen molar-refractivity contribution in [2.75, 3.05) is 39.6 Å². The quantitative estimate of drug-likeness (QED) is 0.217. The van der Waals surface area contributed by atoms with Gasteiger partial charge in [0.1, 0.15) is 28.5 Å². The summed E-state index contributed by atoms with van der Waals surface area (Å²) in [5.41, 5.74) is 1.56. The third-order valence-corrected chi connectivity index (χ3v) is 4.71. The van der Waals surface area contributed by atoms with Gasteiger partial charge in [0.25, 0.3) is 0 Å². The molecule has 0 unspecified atom stereocenters. The van der Waals surface area contributed by atoms with E-state index in [2.05, 4.69) is 16.8 Å². The number of ether oxygens (including phenoxy) is 6. The Kier molecular flexibility index (Phi) is 12.4. The summed E-state index contributed by atoms with van der Waals surface area (Å²) in [6.45, 7) is 9.02. The molecular formula is C28H33NO9. The first kappa shape index (κ1) is 30.0. The minimum Gasteiger partial charge on any atom is -0.494 e. The maximum atomic E-state index is 12.3. The van der Waals surface area contributed by atoms with Crippen LogP contribution in [0.3, 0.4) is 0 Å². The molecule has 0 saturated heterocycles. The Balaban J connectivity index is 2.58. The zero-order valence-electron chi connectivity index (χ0n) is 22.4. The van der Waals surface area contributed by atoms with Gasteiger partial charge in [-0.15, -0.1) is 0 Å². The van der Waals surface area contributed by atoms with Gasteiger partial charge in [0.05, 0.1) is 26.4 Å². The van der Waals surface area contributed by atoms with E-state index in [4.69, 9.17) is 28.4 Å². The Hall–Kier alpha value is -4.26. The summed E-state index contributed by atoms with van der Waals surface area (Å²) >= 11 is 0. The number of pyridine rings is 1. The van der Waals surface area contributed by atoms with Crippen LogP contribution in [0.1, 0.15) is 61.9 Å². The molecule has 0 fully saturated rings. The minimum absolute atomic E-state index is 0.139. The molecule has 2 aromatic rings. The van der Waals surface area contributed by atoms with Gasteiger partial charge in [-0.3, -0.25) is 0 Å². The fourth-order valence-corrected chi connectivity index (χ4v) is 3.13. The molecule has 38 heavy (non-hydrogen) atoms. The average Bonchev–Trinajstić information content (AvgIpc) is 2.90. The number of nitrogens with zero attached hydrogens (tertiary/aromatic N) is 1. The summed E-state index contributed by atoms with van der Waals surface area (Å²) in [6, 6.07) is 6.41. The molecule has 0 aliphatic rings. The normalized spacial score (nSPS) is 10.0. The summed E-state index contributed by atoms with van der Waals surface area (Å²) in [5, 5.41) is 0. The van der Waals surface area contributed by atoms with Crippen LogP contribution >= 0.6 is 0 Å². The molecule has 0 bridgehead atoms. The highest BCUT2D eigenvalue weighted by Crippen LogP contribution is 2.34. The number of hydrogen-bond donors (Lipinski definition) is 0. The predicted molar refractivity (Wildman–Crippen MR) is 137 cm³/mol. The van der Waals surface area contributed by atoms with Crippen LogP contribution in [-0.4, -0.2) is 62.5 Å². The smallest absolute Gasteiger partial charge is 0.356 e. The Labute approximate surface area is 222 Å². The first-order valence-corrected chi connectivity index (χ1v) is 12.4. The molecule has 204 valence electrons. The van der Waals surface area contributed by atoms with E-state index in [0.717, 1.165) is 0 Å². The van der Waals surface area contributed by atoms with Crippen LogP contribution in [0, 0.1) is 11.8 Å². The zero-order valence-corrected chi connectivity index (χ0v) is 22.4. The molecule has 0 spiro atoms. The van der Waals surface area contributed by atoms with E-state index in [1.165, 1.54) is 6.07 Å². The second-order valence-electron chi connectivity index (χ2n) is 7.47. The van der Waals surface area contributed by atoms with Crippen molar-refractivity contribution in [1.29, 1.82) is 0 Å². The lowest BCUT2D eigenvalue weighted by Gasteiger charge is -2.15. The molecule has 0 atom stereocenters. The van der Waals surface area contributed by atoms with Crippen molar-refractivity contribution in [3.63, 3.8) is 0 Å². The summed E-state index contributed by atoms with van der Waals surface area (Å²) in [7, 11) is 0. The van der Waals surface area contributed by atoms with Gasteiger partial charge in [-0.2, -0.15) is 0 Å². The molecule has 10 nitrogen and oxygen atoms in total. The molecule has 1 aromatic heterocycles. The van der Waals surface area contributed by atoms with E-state index in [1.807, 2.05) is 13.8 Å². The summed E-state index contributed by atoms with van der Waals surface area (Å²) in [5.74, 6) is 5.06. The lowest BCUT2D eigenvalue weighted by molar-refractivity contribution is -0.146. The van der Waals surface area contributed by atoms with E-state index in [9.17, 15) is 14.4 Å². The van der Waals surface area contributed by atoms with E-state index in [1.54, 1.807) is 39.0 Å². The van der Waals surface area contributed by atoms with E-state index in [-0.39, 0.29) is 55.8 Å². The van der Waals surface area contributed by atoms with Gasteiger partial charge in [0, 0.05) is 23.4 Å². The molecule has 0 amide bonds. The van der Waals surface area contributed by atoms with Crippen molar-refractivity contribution in [2.24, 2.45) is 0 Å². The standard InChI is InChI=1S/C28H33NO9/c1-6-20-13-19(14-23(29-20)28(32)36-10-5)11-12-22-24(37-17-26(30)34-8-3)15-21(33-7-2)16-25(22)38-18-27(31)35-9-4/h13-16H,6-10,17-18H2,1-5H3. The molecular weight excluding hydrogens is 494 g/mol. The summed E-state index contributed by atoms with van der Waals surface area (Å²) in [4.78, 5) is 40.5. The van der Waals surface area contributed by atoms with Crippen LogP contribution in [0.5, 0.6) is 17.2 Å². The second kappa shape index (κ2) is 15.8. The monoisotopic (exact) mass is 527 g/mol. The van der Waals surface area contributed by atoms with Crippen molar-refractivity contribution >= 4 is 17.9 Å². The van der Waals surface area contributed by atoms with Gasteiger partial charge in [-0.25, -0.2) is 19.4 Å². The predicted octanol–water partition coefficient (Wildman–Crippen LogP) is 3.50. The van der Waals surface area contributed by atoms with Gasteiger partial charge >= 0.3 is 17.9 Å². The first-order valence-electron chi connectivity index (χ1n) is 12.4. The molecule has 0 N–H and O–H groups in total. The highest BCUT2D eigenvalue weighted by molar-refractivity contribution is 5.87. The number of esters is 3. The van der Waals surface area contributed by atoms with Crippen LogP contribution < -0.4 is 14.2 Å². The highest BCUT2D eigenvalue weighted by atomic mass is 16.6. The molecule has 0 saturated carbocycles. The van der Waals surface area contributed by atoms with E-state index >= 15 is 0 Å². The molecule has 0 aliphatic carbocycles. The van der Waals surface area contributed by atoms with Crippen molar-refractivity contribution in [3.05, 3.63) is 46.8 Å². The van der Waals surface area contributed by atoms with Gasteiger partial charge in [0.15, 0.2) is 13.2 Å². The lowest BCUT2D eigenvalue weighted by Crippen LogP contribution is -2.17. The maximum Gasteiger partial charge on any atom is 0.356 e. The van der Waals surface area contributed by atoms with Crippen LogP contribution in [-0.2, 0) is 30.2 Å². The fourth-order valence-electron chi connectivity index (χ4n) is 3.13. The Morgan fingerprint density at radius 1 is 0.711 bits per heavy atom. The van der Waals surface area contributed by atoms with Crippen molar-refractivity contribution in [1.82, 2.24) is 4.98 Å². The molecule has 1 aromatic carbocycles. The van der Waals surface area contributed by atoms with E-state index < -0.39 is 17.9 Å². The number of rotatable bonds is 13. The molecule has 2 rings (SSSR count). The van der Waals surface area contributed by atoms with Crippen LogP contribution in [0.15, 0.2) is 24.3 Å². The third kappa shape index (κ3) is 9.32. The fraction of sp³-hybridized carbons (Fsp3) is 0.429. The lowest BCUT2D eigenvalue weighted by atomic mass is 10.1. The van der Waals surface area contributed by atoms with Gasteiger partial charge in [-0.05, 0) is 46.2 Å². The number of aromatic nitrogens is 1. The number of hydrogen-bond acceptors (Lipinski definition) is 10. The SMILES string of the molecule is CCOC(=O)COc1cc(OCC)cc(OCC(=O)OCC)c1C#Cc1cc(CC)nc(C(=O)OCC)c1. The topological polar surface area (TPSA) is 119 Å². The number of aryl methyl sites for hydroxylation is 1. The number of benzene rings is 1. The van der Waals surface area contributed by atoms with E-state index in [0.29, 0.717) is 30.0 Å². The second-order valence-corrected chi connectivity index (χ2v) is 7.47. The molecule has 0 radical (unpaired) electrons. The first-order chi connectivity index (χ1) is 18.3. The van der Waals surface area contributed by atoms with Crippen molar-refractivity contribution in [2.45, 2.75) is 41.0 Å². The van der Waals surface area contributed by atoms with Gasteiger partial charge in [-0.1, -0.05) is 18.8 Å². The van der Waals surface area contributed by atoms with Crippen LogP contribution in [0.4, 0.5) is 0 Å². The van der Waals surface area contributed by atoms with Crippen molar-refractivity contribution < 1.29 is 42.8 Å². The Bertz CT molecular complexity index is 1140. The van der Waals surface area contributed by atoms with Crippen molar-refractivity contribution in [3.8, 4) is 29.1 Å². The Morgan fingerprint density at radius 2 is 1.29 bits per heavy atom. The average molecular weight is 528 g/mol. The zero-order chi connectivity index (χ0) is 27.9. The molecule has 0 aliphatic heterocycles. The third-order valence-electron chi connectivity index (χ3n) is 4.71. The van der Waals surface area contributed by atoms with Gasteiger partial charge in [0.2, 0.25) is 0 Å². The number of carbonyl (C=O) groups is 3. The summed E-state index contributed by atoms with van der Waals surface area (Å²) < 4.78 is 32.0. The minimum atomic E-state index is -0.567. The summed E-state index contributed by atoms with van der Waals surface area (Å²) in [6.07, 6.45) is 0.576. The van der Waals surface area contributed by atoms with Crippen LogP contribution in [0.25, 0.3) is 0 Å². The number of carbonyl (C=O) groups excluding carboxylic acids is 3. The largest absolute Gasteiger partial charge is 0.494 e. The Morgan fingerprint density at radius 3 is 1.79 bits per heavy atom.